The minimum Gasteiger partial charge on any atom is -0.462 e. The van der Waals surface area contributed by atoms with E-state index >= 15 is 0 Å². The molecule has 0 aromatic rings. The highest BCUT2D eigenvalue weighted by Gasteiger charge is 2.29. The first-order valence-corrected chi connectivity index (χ1v) is 5.31. The van der Waals surface area contributed by atoms with Crippen LogP contribution in [0.5, 0.6) is 0 Å². The average molecular weight is 208 g/mol. The maximum Gasteiger partial charge on any atom is 0.671 e. The zero-order valence-corrected chi connectivity index (χ0v) is 7.97. The highest BCUT2D eigenvalue weighted by atomic mass is 28.4. The molecule has 0 atom stereocenters. The van der Waals surface area contributed by atoms with Gasteiger partial charge in [0, 0.05) is 19.1 Å². The number of rotatable bonds is 6. The van der Waals surface area contributed by atoms with Crippen LogP contribution in [0.2, 0.25) is 0 Å². The first-order chi connectivity index (χ1) is 5.95. The second kappa shape index (κ2) is 5.83. The van der Waals surface area contributed by atoms with Crippen molar-refractivity contribution in [2.75, 3.05) is 13.2 Å². The quantitative estimate of drug-likeness (QED) is 0.213. The molecule has 0 aromatic heterocycles. The Morgan fingerprint density at radius 2 is 2.00 bits per heavy atom. The van der Waals surface area contributed by atoms with Crippen LogP contribution in [0.25, 0.3) is 0 Å². The number of carbonyl (C=O) groups is 1. The summed E-state index contributed by atoms with van der Waals surface area (Å²) in [5, 5.41) is 0. The number of hydrogen-bond acceptors (Lipinski definition) is 6. The average Bonchev–Trinajstić information content (AvgIpc) is 2.01. The summed E-state index contributed by atoms with van der Waals surface area (Å²) in [5.74, 6) is -0.555. The molecule has 0 saturated heterocycles. The Morgan fingerprint density at radius 3 is 2.46 bits per heavy atom. The summed E-state index contributed by atoms with van der Waals surface area (Å²) in [7, 11) is -4.40. The van der Waals surface area contributed by atoms with Gasteiger partial charge in [-0.3, -0.25) is 0 Å². The lowest BCUT2D eigenvalue weighted by Crippen LogP contribution is -2.39. The van der Waals surface area contributed by atoms with Crippen molar-refractivity contribution in [3.8, 4) is 0 Å². The molecular formula is C6H12O6Si. The SMILES string of the molecule is C=CC(=O)OCCCO[Si](O)(O)O. The molecule has 0 aliphatic rings. The van der Waals surface area contributed by atoms with Gasteiger partial charge in [0.05, 0.1) is 6.61 Å². The van der Waals surface area contributed by atoms with Crippen molar-refractivity contribution in [1.29, 1.82) is 0 Å². The predicted octanol–water partition coefficient (Wildman–Crippen LogP) is -1.47. The van der Waals surface area contributed by atoms with Crippen LogP contribution in [0.15, 0.2) is 12.7 Å². The lowest BCUT2D eigenvalue weighted by Gasteiger charge is -2.09. The summed E-state index contributed by atoms with van der Waals surface area (Å²) in [6.07, 6.45) is 1.29. The van der Waals surface area contributed by atoms with Gasteiger partial charge in [0.15, 0.2) is 0 Å². The van der Waals surface area contributed by atoms with Crippen LogP contribution in [0.4, 0.5) is 0 Å². The lowest BCUT2D eigenvalue weighted by molar-refractivity contribution is -0.138. The molecule has 0 spiro atoms. The van der Waals surface area contributed by atoms with Crippen LogP contribution in [0, 0.1) is 0 Å². The van der Waals surface area contributed by atoms with E-state index in [1.165, 1.54) is 0 Å². The summed E-state index contributed by atoms with van der Waals surface area (Å²) >= 11 is 0. The smallest absolute Gasteiger partial charge is 0.462 e. The lowest BCUT2D eigenvalue weighted by atomic mass is 10.5. The molecule has 0 fully saturated rings. The normalized spacial score (nSPS) is 11.0. The second-order valence-corrected chi connectivity index (χ2v) is 3.58. The summed E-state index contributed by atoms with van der Waals surface area (Å²) < 4.78 is 8.77. The Bertz CT molecular complexity index is 174. The largest absolute Gasteiger partial charge is 0.671 e. The van der Waals surface area contributed by atoms with Crippen molar-refractivity contribution in [2.24, 2.45) is 0 Å². The molecule has 0 aliphatic heterocycles. The van der Waals surface area contributed by atoms with Gasteiger partial charge in [0.25, 0.3) is 0 Å². The van der Waals surface area contributed by atoms with Gasteiger partial charge < -0.3 is 23.5 Å². The van der Waals surface area contributed by atoms with Gasteiger partial charge in [-0.05, 0) is 0 Å². The van der Waals surface area contributed by atoms with E-state index in [1.54, 1.807) is 0 Å². The van der Waals surface area contributed by atoms with E-state index in [9.17, 15) is 4.79 Å². The maximum atomic E-state index is 10.5. The van der Waals surface area contributed by atoms with Crippen LogP contribution in [-0.4, -0.2) is 42.6 Å². The van der Waals surface area contributed by atoms with Crippen molar-refractivity contribution in [3.63, 3.8) is 0 Å². The highest BCUT2D eigenvalue weighted by Crippen LogP contribution is 1.92. The van der Waals surface area contributed by atoms with Crippen molar-refractivity contribution in [3.05, 3.63) is 12.7 Å². The second-order valence-electron chi connectivity index (χ2n) is 2.15. The van der Waals surface area contributed by atoms with E-state index in [1.807, 2.05) is 0 Å². The number of ether oxygens (including phenoxy) is 1. The molecule has 0 rings (SSSR count). The molecular weight excluding hydrogens is 196 g/mol. The molecule has 7 heteroatoms. The molecule has 0 saturated carbocycles. The molecule has 0 amide bonds. The van der Waals surface area contributed by atoms with E-state index < -0.39 is 15.0 Å². The van der Waals surface area contributed by atoms with Crippen molar-refractivity contribution >= 4 is 15.0 Å². The van der Waals surface area contributed by atoms with E-state index in [2.05, 4.69) is 15.7 Å². The molecule has 0 heterocycles. The third-order valence-corrected chi connectivity index (χ3v) is 1.59. The summed E-state index contributed by atoms with van der Waals surface area (Å²) in [4.78, 5) is 35.6. The van der Waals surface area contributed by atoms with Crippen LogP contribution >= 0.6 is 0 Å². The molecule has 3 N–H and O–H groups in total. The Kier molecular flexibility index (Phi) is 5.51. The van der Waals surface area contributed by atoms with Crippen LogP contribution < -0.4 is 0 Å². The van der Waals surface area contributed by atoms with E-state index in [-0.39, 0.29) is 19.6 Å². The van der Waals surface area contributed by atoms with Crippen molar-refractivity contribution in [1.82, 2.24) is 0 Å². The molecule has 0 bridgehead atoms. The fourth-order valence-electron chi connectivity index (χ4n) is 0.500. The zero-order valence-electron chi connectivity index (χ0n) is 6.97. The molecule has 13 heavy (non-hydrogen) atoms. The van der Waals surface area contributed by atoms with Gasteiger partial charge >= 0.3 is 15.0 Å². The van der Waals surface area contributed by atoms with Crippen LogP contribution in [0.1, 0.15) is 6.42 Å². The van der Waals surface area contributed by atoms with E-state index in [4.69, 9.17) is 14.4 Å². The molecule has 0 radical (unpaired) electrons. The predicted molar refractivity (Wildman–Crippen MR) is 44.1 cm³/mol. The fourth-order valence-corrected chi connectivity index (χ4v) is 0.918. The molecule has 76 valence electrons. The Morgan fingerprint density at radius 1 is 1.38 bits per heavy atom. The molecule has 0 aliphatic carbocycles. The summed E-state index contributed by atoms with van der Waals surface area (Å²) in [6, 6.07) is 0. The summed E-state index contributed by atoms with van der Waals surface area (Å²) in [6.45, 7) is 3.18. The highest BCUT2D eigenvalue weighted by molar-refractivity contribution is 6.48. The standard InChI is InChI=1S/C6H12O6Si/c1-2-6(7)11-4-3-5-12-13(8,9)10/h2,8-10H,1,3-5H2. The number of esters is 1. The number of carbonyl (C=O) groups excluding carboxylic acids is 1. The van der Waals surface area contributed by atoms with Gasteiger partial charge in [-0.1, -0.05) is 6.58 Å². The van der Waals surface area contributed by atoms with Gasteiger partial charge in [-0.25, -0.2) is 4.79 Å². The molecule has 0 unspecified atom stereocenters. The topological polar surface area (TPSA) is 96.2 Å². The Hall–Kier alpha value is -0.733. The Labute approximate surface area is 76.5 Å². The fraction of sp³-hybridized carbons (Fsp3) is 0.500. The van der Waals surface area contributed by atoms with Crippen LogP contribution in [0.3, 0.4) is 0 Å². The first-order valence-electron chi connectivity index (χ1n) is 3.56. The van der Waals surface area contributed by atoms with Gasteiger partial charge in [-0.2, -0.15) is 0 Å². The Balaban J connectivity index is 3.27. The monoisotopic (exact) mass is 208 g/mol. The van der Waals surface area contributed by atoms with Gasteiger partial charge in [0.1, 0.15) is 0 Å². The number of hydrogen-bond donors (Lipinski definition) is 3. The first kappa shape index (κ1) is 12.3. The minimum absolute atomic E-state index is 0.0787. The zero-order chi connectivity index (χ0) is 10.3. The van der Waals surface area contributed by atoms with E-state index in [0.717, 1.165) is 6.08 Å². The summed E-state index contributed by atoms with van der Waals surface area (Å²) in [5.41, 5.74) is 0. The van der Waals surface area contributed by atoms with Gasteiger partial charge in [0.2, 0.25) is 0 Å². The molecule has 6 nitrogen and oxygen atoms in total. The van der Waals surface area contributed by atoms with Crippen molar-refractivity contribution in [2.45, 2.75) is 6.42 Å². The van der Waals surface area contributed by atoms with Crippen LogP contribution in [-0.2, 0) is 14.0 Å². The minimum atomic E-state index is -4.40. The van der Waals surface area contributed by atoms with Crippen molar-refractivity contribution < 1.29 is 28.3 Å². The maximum absolute atomic E-state index is 10.5. The van der Waals surface area contributed by atoms with E-state index in [0.29, 0.717) is 0 Å². The third-order valence-electron chi connectivity index (χ3n) is 0.995. The van der Waals surface area contributed by atoms with Gasteiger partial charge in [-0.15, -0.1) is 0 Å². The molecule has 0 aromatic carbocycles. The third kappa shape index (κ3) is 9.18.